The van der Waals surface area contributed by atoms with Crippen LogP contribution in [-0.4, -0.2) is 32.7 Å². The van der Waals surface area contributed by atoms with E-state index in [1.54, 1.807) is 23.6 Å². The maximum absolute atomic E-state index is 12.2. The van der Waals surface area contributed by atoms with Gasteiger partial charge in [0.2, 0.25) is 0 Å². The second kappa shape index (κ2) is 8.12. The molecule has 1 aromatic heterocycles. The van der Waals surface area contributed by atoms with E-state index >= 15 is 0 Å². The number of ether oxygens (including phenoxy) is 1. The van der Waals surface area contributed by atoms with Gasteiger partial charge in [-0.15, -0.1) is 11.3 Å². The van der Waals surface area contributed by atoms with Crippen molar-refractivity contribution in [1.29, 1.82) is 5.26 Å². The standard InChI is InChI=1S/C17H16N2O5S2/c1-11(15(20)19-16-14(9-18)6-7-25-16)24-17(21)13-5-3-4-12(8-13)10-26(2,22)23/h3-8,11H,10H2,1-2H3,(H,19,20)/t11-/m0/s1. The van der Waals surface area contributed by atoms with Crippen molar-refractivity contribution >= 4 is 38.1 Å². The molecule has 0 aliphatic carbocycles. The monoisotopic (exact) mass is 392 g/mol. The van der Waals surface area contributed by atoms with Gasteiger partial charge in [0, 0.05) is 6.26 Å². The molecule has 1 N–H and O–H groups in total. The Bertz CT molecular complexity index is 973. The highest BCUT2D eigenvalue weighted by Gasteiger charge is 2.21. The molecule has 0 saturated heterocycles. The largest absolute Gasteiger partial charge is 0.449 e. The van der Waals surface area contributed by atoms with Gasteiger partial charge in [0.15, 0.2) is 15.9 Å². The normalized spacial score (nSPS) is 12.0. The first-order valence-corrected chi connectivity index (χ1v) is 10.4. The number of esters is 1. The highest BCUT2D eigenvalue weighted by atomic mass is 32.2. The van der Waals surface area contributed by atoms with E-state index in [0.717, 1.165) is 6.26 Å². The van der Waals surface area contributed by atoms with E-state index < -0.39 is 27.8 Å². The molecular formula is C17H16N2O5S2. The van der Waals surface area contributed by atoms with Crippen LogP contribution in [0.5, 0.6) is 0 Å². The predicted molar refractivity (Wildman–Crippen MR) is 97.5 cm³/mol. The quantitative estimate of drug-likeness (QED) is 0.755. The Morgan fingerprint density at radius 1 is 1.35 bits per heavy atom. The third-order valence-electron chi connectivity index (χ3n) is 3.27. The molecule has 0 radical (unpaired) electrons. The number of carbonyl (C=O) groups is 2. The number of nitrogens with zero attached hydrogens (tertiary/aromatic N) is 1. The van der Waals surface area contributed by atoms with Crippen LogP contribution in [0.1, 0.15) is 28.4 Å². The summed E-state index contributed by atoms with van der Waals surface area (Å²) < 4.78 is 27.8. The zero-order valence-corrected chi connectivity index (χ0v) is 15.7. The van der Waals surface area contributed by atoms with Gasteiger partial charge in [-0.2, -0.15) is 5.26 Å². The van der Waals surface area contributed by atoms with Crippen LogP contribution >= 0.6 is 11.3 Å². The summed E-state index contributed by atoms with van der Waals surface area (Å²) in [6.45, 7) is 1.41. The smallest absolute Gasteiger partial charge is 0.338 e. The van der Waals surface area contributed by atoms with E-state index in [0.29, 0.717) is 16.1 Å². The van der Waals surface area contributed by atoms with Gasteiger partial charge in [0.1, 0.15) is 11.1 Å². The first-order valence-electron chi connectivity index (χ1n) is 7.45. The van der Waals surface area contributed by atoms with Crippen LogP contribution in [0.25, 0.3) is 0 Å². The molecule has 0 unspecified atom stereocenters. The minimum atomic E-state index is -3.23. The van der Waals surface area contributed by atoms with Gasteiger partial charge in [-0.05, 0) is 36.1 Å². The van der Waals surface area contributed by atoms with Crippen LogP contribution in [0.2, 0.25) is 0 Å². The number of carbonyl (C=O) groups excluding carboxylic acids is 2. The number of sulfone groups is 1. The second-order valence-electron chi connectivity index (χ2n) is 5.58. The fourth-order valence-electron chi connectivity index (χ4n) is 2.08. The molecule has 0 saturated carbocycles. The number of hydrogen-bond donors (Lipinski definition) is 1. The molecule has 0 spiro atoms. The van der Waals surface area contributed by atoms with Gasteiger partial charge < -0.3 is 10.1 Å². The molecular weight excluding hydrogens is 376 g/mol. The zero-order chi connectivity index (χ0) is 19.3. The van der Waals surface area contributed by atoms with Gasteiger partial charge in [-0.1, -0.05) is 12.1 Å². The van der Waals surface area contributed by atoms with Crippen LogP contribution < -0.4 is 5.32 Å². The Labute approximate surface area is 155 Å². The molecule has 0 aliphatic heterocycles. The van der Waals surface area contributed by atoms with Gasteiger partial charge in [-0.3, -0.25) is 4.79 Å². The van der Waals surface area contributed by atoms with Crippen LogP contribution in [0, 0.1) is 11.3 Å². The summed E-state index contributed by atoms with van der Waals surface area (Å²) in [4.78, 5) is 24.3. The molecule has 1 amide bonds. The molecule has 1 aromatic carbocycles. The minimum Gasteiger partial charge on any atom is -0.449 e. The van der Waals surface area contributed by atoms with Crippen molar-refractivity contribution in [3.8, 4) is 6.07 Å². The average Bonchev–Trinajstić information content (AvgIpc) is 3.00. The molecule has 1 atom stereocenters. The van der Waals surface area contributed by atoms with E-state index in [2.05, 4.69) is 5.32 Å². The lowest BCUT2D eigenvalue weighted by Gasteiger charge is -2.13. The molecule has 26 heavy (non-hydrogen) atoms. The van der Waals surface area contributed by atoms with E-state index in [1.807, 2.05) is 6.07 Å². The highest BCUT2D eigenvalue weighted by Crippen LogP contribution is 2.22. The minimum absolute atomic E-state index is 0.152. The summed E-state index contributed by atoms with van der Waals surface area (Å²) in [5.41, 5.74) is 0.936. The summed E-state index contributed by atoms with van der Waals surface area (Å²) >= 11 is 1.19. The maximum atomic E-state index is 12.2. The maximum Gasteiger partial charge on any atom is 0.338 e. The highest BCUT2D eigenvalue weighted by molar-refractivity contribution is 7.89. The van der Waals surface area contributed by atoms with Crippen molar-refractivity contribution in [2.45, 2.75) is 18.8 Å². The number of rotatable bonds is 6. The Kier molecular flexibility index (Phi) is 6.13. The number of nitrogens with one attached hydrogen (secondary N) is 1. The van der Waals surface area contributed by atoms with Crippen molar-refractivity contribution in [2.75, 3.05) is 11.6 Å². The molecule has 0 aliphatic rings. The number of hydrogen-bond acceptors (Lipinski definition) is 7. The first-order chi connectivity index (χ1) is 12.2. The van der Waals surface area contributed by atoms with Crippen LogP contribution in [-0.2, 0) is 25.1 Å². The Hall–Kier alpha value is -2.70. The fraction of sp³-hybridized carbons (Fsp3) is 0.235. The summed E-state index contributed by atoms with van der Waals surface area (Å²) in [6, 6.07) is 9.56. The topological polar surface area (TPSA) is 113 Å². The lowest BCUT2D eigenvalue weighted by Crippen LogP contribution is -2.30. The molecule has 2 aromatic rings. The number of nitriles is 1. The summed E-state index contributed by atoms with van der Waals surface area (Å²) in [5.74, 6) is -1.50. The Morgan fingerprint density at radius 3 is 2.73 bits per heavy atom. The van der Waals surface area contributed by atoms with Crippen molar-refractivity contribution < 1.29 is 22.7 Å². The number of amides is 1. The van der Waals surface area contributed by atoms with Crippen molar-refractivity contribution in [3.05, 3.63) is 52.4 Å². The first kappa shape index (κ1) is 19.6. The van der Waals surface area contributed by atoms with Crippen LogP contribution in [0.3, 0.4) is 0 Å². The molecule has 2 rings (SSSR count). The van der Waals surface area contributed by atoms with Crippen molar-refractivity contribution in [1.82, 2.24) is 0 Å². The van der Waals surface area contributed by atoms with E-state index in [1.165, 1.54) is 30.4 Å². The molecule has 9 heteroatoms. The van der Waals surface area contributed by atoms with Gasteiger partial charge in [0.05, 0.1) is 16.9 Å². The van der Waals surface area contributed by atoms with E-state index in [9.17, 15) is 18.0 Å². The van der Waals surface area contributed by atoms with Gasteiger partial charge in [-0.25, -0.2) is 13.2 Å². The molecule has 0 fully saturated rings. The third kappa shape index (κ3) is 5.40. The van der Waals surface area contributed by atoms with Crippen LogP contribution in [0.15, 0.2) is 35.7 Å². The fourth-order valence-corrected chi connectivity index (χ4v) is 3.61. The third-order valence-corrected chi connectivity index (χ3v) is 4.95. The average molecular weight is 392 g/mol. The lowest BCUT2D eigenvalue weighted by molar-refractivity contribution is -0.123. The van der Waals surface area contributed by atoms with Crippen LogP contribution in [0.4, 0.5) is 5.00 Å². The zero-order valence-electron chi connectivity index (χ0n) is 14.1. The lowest BCUT2D eigenvalue weighted by atomic mass is 10.1. The molecule has 136 valence electrons. The number of anilines is 1. The second-order valence-corrected chi connectivity index (χ2v) is 8.64. The Balaban J connectivity index is 2.03. The number of benzene rings is 1. The van der Waals surface area contributed by atoms with Crippen molar-refractivity contribution in [3.63, 3.8) is 0 Å². The summed E-state index contributed by atoms with van der Waals surface area (Å²) in [6.07, 6.45) is 0.0134. The molecule has 1 heterocycles. The van der Waals surface area contributed by atoms with E-state index in [4.69, 9.17) is 10.00 Å². The van der Waals surface area contributed by atoms with E-state index in [-0.39, 0.29) is 11.3 Å². The van der Waals surface area contributed by atoms with Crippen molar-refractivity contribution in [2.24, 2.45) is 0 Å². The molecule has 7 nitrogen and oxygen atoms in total. The molecule has 0 bridgehead atoms. The van der Waals surface area contributed by atoms with Gasteiger partial charge >= 0.3 is 5.97 Å². The Morgan fingerprint density at radius 2 is 2.08 bits per heavy atom. The number of thiophene rings is 1. The SMILES string of the molecule is C[C@H](OC(=O)c1cccc(CS(C)(=O)=O)c1)C(=O)Nc1sccc1C#N. The predicted octanol–water partition coefficient (Wildman–Crippen LogP) is 2.35. The summed E-state index contributed by atoms with van der Waals surface area (Å²) in [7, 11) is -3.23. The van der Waals surface area contributed by atoms with Gasteiger partial charge in [0.25, 0.3) is 5.91 Å². The summed E-state index contributed by atoms with van der Waals surface area (Å²) in [5, 5.41) is 13.5.